The summed E-state index contributed by atoms with van der Waals surface area (Å²) in [6, 6.07) is 10.1. The Bertz CT molecular complexity index is 695. The van der Waals surface area contributed by atoms with Gasteiger partial charge in [-0.3, -0.25) is 0 Å². The van der Waals surface area contributed by atoms with Gasteiger partial charge < -0.3 is 9.64 Å². The number of nitrogens with zero attached hydrogens (tertiary/aromatic N) is 3. The van der Waals surface area contributed by atoms with E-state index in [1.807, 2.05) is 30.3 Å². The highest BCUT2D eigenvalue weighted by Crippen LogP contribution is 2.40. The summed E-state index contributed by atoms with van der Waals surface area (Å²) < 4.78 is 35.0. The lowest BCUT2D eigenvalue weighted by atomic mass is 9.77. The number of hydrogen-bond acceptors (Lipinski definition) is 4. The molecule has 0 radical (unpaired) electrons. The maximum Gasteiger partial charge on any atom is 0.282 e. The molecule has 0 aromatic heterocycles. The highest BCUT2D eigenvalue weighted by molar-refractivity contribution is 7.86. The molecular weight excluding hydrogens is 350 g/mol. The molecule has 6 nitrogen and oxygen atoms in total. The topological polar surface area (TPSA) is 53.1 Å². The molecule has 0 spiro atoms. The number of likely N-dealkylation sites (N-methyl/N-ethyl adjacent to an activating group) is 1. The van der Waals surface area contributed by atoms with Gasteiger partial charge in [0.25, 0.3) is 10.2 Å². The molecule has 2 fully saturated rings. The van der Waals surface area contributed by atoms with Crippen LogP contribution in [-0.4, -0.2) is 75.4 Å². The lowest BCUT2D eigenvalue weighted by molar-refractivity contribution is -0.0209. The van der Waals surface area contributed by atoms with Crippen LogP contribution in [0.4, 0.5) is 0 Å². The van der Waals surface area contributed by atoms with Gasteiger partial charge in [0.1, 0.15) is 0 Å². The standard InChI is InChI=1S/C19H31N3O3S/c1-20(2)18-10-16-13-22(14-17(16)11-19(18)25-4)26(23,24)21(3)12-15-8-6-5-7-9-15/h5-9,16-19H,10-14H2,1-4H3/t16-,17+,18-,19-/m1/s1. The van der Waals surface area contributed by atoms with Crippen LogP contribution < -0.4 is 0 Å². The van der Waals surface area contributed by atoms with Crippen molar-refractivity contribution in [3.8, 4) is 0 Å². The van der Waals surface area contributed by atoms with E-state index in [4.69, 9.17) is 4.74 Å². The Morgan fingerprint density at radius 2 is 1.69 bits per heavy atom. The Labute approximate surface area is 157 Å². The molecule has 1 saturated heterocycles. The molecule has 1 saturated carbocycles. The summed E-state index contributed by atoms with van der Waals surface area (Å²) >= 11 is 0. The van der Waals surface area contributed by atoms with Crippen molar-refractivity contribution in [2.24, 2.45) is 11.8 Å². The molecule has 0 unspecified atom stereocenters. The van der Waals surface area contributed by atoms with E-state index in [0.717, 1.165) is 18.4 Å². The fourth-order valence-electron chi connectivity index (χ4n) is 4.45. The van der Waals surface area contributed by atoms with Gasteiger partial charge in [-0.1, -0.05) is 30.3 Å². The lowest BCUT2D eigenvalue weighted by Gasteiger charge is -2.40. The van der Waals surface area contributed by atoms with E-state index < -0.39 is 10.2 Å². The third-order valence-corrected chi connectivity index (χ3v) is 7.85. The SMILES string of the molecule is CO[C@@H]1C[C@H]2CN(S(=O)(=O)N(C)Cc3ccccc3)C[C@H]2C[C@H]1N(C)C. The van der Waals surface area contributed by atoms with Gasteiger partial charge in [-0.2, -0.15) is 17.0 Å². The molecule has 26 heavy (non-hydrogen) atoms. The zero-order chi connectivity index (χ0) is 18.9. The van der Waals surface area contributed by atoms with Crippen LogP contribution in [0.1, 0.15) is 18.4 Å². The fraction of sp³-hybridized carbons (Fsp3) is 0.684. The maximum absolute atomic E-state index is 13.1. The molecule has 2 aliphatic rings. The molecular formula is C19H31N3O3S. The third kappa shape index (κ3) is 3.97. The Morgan fingerprint density at radius 3 is 2.27 bits per heavy atom. The van der Waals surface area contributed by atoms with Gasteiger partial charge >= 0.3 is 0 Å². The van der Waals surface area contributed by atoms with Gasteiger partial charge in [-0.25, -0.2) is 0 Å². The first-order valence-electron chi connectivity index (χ1n) is 9.27. The van der Waals surface area contributed by atoms with Gasteiger partial charge in [0.2, 0.25) is 0 Å². The first kappa shape index (κ1) is 19.8. The second-order valence-electron chi connectivity index (χ2n) is 7.86. The monoisotopic (exact) mass is 381 g/mol. The molecule has 1 aliphatic carbocycles. The summed E-state index contributed by atoms with van der Waals surface area (Å²) in [6.07, 6.45) is 2.10. The Balaban J connectivity index is 1.69. The van der Waals surface area contributed by atoms with Crippen molar-refractivity contribution < 1.29 is 13.2 Å². The molecule has 1 aliphatic heterocycles. The summed E-state index contributed by atoms with van der Waals surface area (Å²) in [5.74, 6) is 0.796. The Kier molecular flexibility index (Phi) is 6.04. The van der Waals surface area contributed by atoms with Crippen LogP contribution in [0.25, 0.3) is 0 Å². The number of benzene rings is 1. The first-order chi connectivity index (χ1) is 12.3. The van der Waals surface area contributed by atoms with Crippen molar-refractivity contribution in [1.29, 1.82) is 0 Å². The normalized spacial score (nSPS) is 30.1. The lowest BCUT2D eigenvalue weighted by Crippen LogP contribution is -2.47. The van der Waals surface area contributed by atoms with Crippen LogP contribution in [0.3, 0.4) is 0 Å². The summed E-state index contributed by atoms with van der Waals surface area (Å²) in [6.45, 7) is 1.62. The van der Waals surface area contributed by atoms with Gasteiger partial charge in [0.05, 0.1) is 6.10 Å². The number of rotatable bonds is 6. The zero-order valence-electron chi connectivity index (χ0n) is 16.2. The van der Waals surface area contributed by atoms with E-state index >= 15 is 0 Å². The van der Waals surface area contributed by atoms with Crippen LogP contribution in [0.15, 0.2) is 30.3 Å². The summed E-state index contributed by atoms with van der Waals surface area (Å²) in [4.78, 5) is 2.21. The second kappa shape index (κ2) is 7.94. The number of hydrogen-bond donors (Lipinski definition) is 0. The van der Waals surface area contributed by atoms with Crippen molar-refractivity contribution in [3.63, 3.8) is 0 Å². The molecule has 0 amide bonds. The molecule has 4 atom stereocenters. The Morgan fingerprint density at radius 1 is 1.08 bits per heavy atom. The maximum atomic E-state index is 13.1. The van der Waals surface area contributed by atoms with Gasteiger partial charge in [-0.05, 0) is 44.3 Å². The predicted octanol–water partition coefficient (Wildman–Crippen LogP) is 1.65. The molecule has 146 valence electrons. The van der Waals surface area contributed by atoms with E-state index in [-0.39, 0.29) is 6.10 Å². The van der Waals surface area contributed by atoms with Crippen LogP contribution >= 0.6 is 0 Å². The molecule has 1 aromatic rings. The average molecular weight is 382 g/mol. The van der Waals surface area contributed by atoms with Crippen molar-refractivity contribution in [3.05, 3.63) is 35.9 Å². The van der Waals surface area contributed by atoms with E-state index in [1.54, 1.807) is 18.5 Å². The zero-order valence-corrected chi connectivity index (χ0v) is 17.0. The number of methoxy groups -OCH3 is 1. The van der Waals surface area contributed by atoms with Gasteiger partial charge in [0, 0.05) is 39.8 Å². The Hall–Kier alpha value is -0.990. The highest BCUT2D eigenvalue weighted by Gasteiger charge is 2.46. The van der Waals surface area contributed by atoms with Crippen molar-refractivity contribution in [2.75, 3.05) is 41.3 Å². The van der Waals surface area contributed by atoms with E-state index in [1.165, 1.54) is 4.31 Å². The fourth-order valence-corrected chi connectivity index (χ4v) is 5.92. The quantitative estimate of drug-likeness (QED) is 0.752. The van der Waals surface area contributed by atoms with Crippen LogP contribution in [0.5, 0.6) is 0 Å². The van der Waals surface area contributed by atoms with Crippen LogP contribution in [-0.2, 0) is 21.5 Å². The minimum Gasteiger partial charge on any atom is -0.380 e. The van der Waals surface area contributed by atoms with Crippen molar-refractivity contribution in [1.82, 2.24) is 13.5 Å². The summed E-state index contributed by atoms with van der Waals surface area (Å²) in [7, 11) is 4.14. The van der Waals surface area contributed by atoms with E-state index in [0.29, 0.717) is 37.5 Å². The smallest absolute Gasteiger partial charge is 0.282 e. The van der Waals surface area contributed by atoms with Crippen LogP contribution in [0, 0.1) is 11.8 Å². The van der Waals surface area contributed by atoms with E-state index in [9.17, 15) is 8.42 Å². The molecule has 7 heteroatoms. The molecule has 1 heterocycles. The molecule has 0 N–H and O–H groups in total. The van der Waals surface area contributed by atoms with Gasteiger partial charge in [-0.15, -0.1) is 0 Å². The van der Waals surface area contributed by atoms with E-state index in [2.05, 4.69) is 19.0 Å². The molecule has 0 bridgehead atoms. The van der Waals surface area contributed by atoms with Gasteiger partial charge in [0.15, 0.2) is 0 Å². The largest absolute Gasteiger partial charge is 0.380 e. The first-order valence-corrected chi connectivity index (χ1v) is 10.7. The minimum atomic E-state index is -3.44. The highest BCUT2D eigenvalue weighted by atomic mass is 32.2. The molecule has 1 aromatic carbocycles. The molecule has 3 rings (SSSR count). The van der Waals surface area contributed by atoms with Crippen molar-refractivity contribution >= 4 is 10.2 Å². The predicted molar refractivity (Wildman–Crippen MR) is 103 cm³/mol. The average Bonchev–Trinajstić information content (AvgIpc) is 3.05. The minimum absolute atomic E-state index is 0.177. The summed E-state index contributed by atoms with van der Waals surface area (Å²) in [5.41, 5.74) is 1.00. The third-order valence-electron chi connectivity index (χ3n) is 5.99. The van der Waals surface area contributed by atoms with Crippen LogP contribution in [0.2, 0.25) is 0 Å². The second-order valence-corrected chi connectivity index (χ2v) is 9.90. The number of fused-ring (bicyclic) bond motifs is 1. The van der Waals surface area contributed by atoms with Crippen molar-refractivity contribution in [2.45, 2.75) is 31.5 Å². The number of ether oxygens (including phenoxy) is 1. The summed E-state index contributed by atoms with van der Waals surface area (Å²) in [5, 5.41) is 0.